The van der Waals surface area contributed by atoms with E-state index in [1.54, 1.807) is 24.3 Å². The van der Waals surface area contributed by atoms with Gasteiger partial charge >= 0.3 is 5.97 Å². The maximum absolute atomic E-state index is 12.7. The topological polar surface area (TPSA) is 58.6 Å². The Labute approximate surface area is 164 Å². The van der Waals surface area contributed by atoms with Crippen LogP contribution in [-0.4, -0.2) is 25.5 Å². The highest BCUT2D eigenvalue weighted by molar-refractivity contribution is 5.96. The molecule has 3 rings (SSSR count). The smallest absolute Gasteiger partial charge is 0.337 e. The number of nitrogens with zero attached hydrogens (tertiary/aromatic N) is 1. The standard InChI is InChI=1S/C23H22N2O3/c1-28-23(27)19-11-8-12-20(15-19)24-22(26)17-25(21-13-6-3-7-14-21)16-18-9-4-2-5-10-18/h2-15H,16-17H2,1H3,(H,24,26). The van der Waals surface area contributed by atoms with E-state index in [1.165, 1.54) is 7.11 Å². The first-order valence-electron chi connectivity index (χ1n) is 8.98. The van der Waals surface area contributed by atoms with Crippen molar-refractivity contribution in [3.63, 3.8) is 0 Å². The van der Waals surface area contributed by atoms with Gasteiger partial charge in [0, 0.05) is 17.9 Å². The van der Waals surface area contributed by atoms with Gasteiger partial charge in [-0.15, -0.1) is 0 Å². The van der Waals surface area contributed by atoms with Crippen LogP contribution in [0, 0.1) is 0 Å². The first-order chi connectivity index (χ1) is 13.7. The molecule has 3 aromatic carbocycles. The van der Waals surface area contributed by atoms with Crippen LogP contribution in [0.25, 0.3) is 0 Å². The van der Waals surface area contributed by atoms with Crippen molar-refractivity contribution < 1.29 is 14.3 Å². The van der Waals surface area contributed by atoms with E-state index in [-0.39, 0.29) is 12.5 Å². The third kappa shape index (κ3) is 5.20. The third-order valence-electron chi connectivity index (χ3n) is 4.24. The number of hydrogen-bond acceptors (Lipinski definition) is 4. The van der Waals surface area contributed by atoms with Crippen LogP contribution in [0.3, 0.4) is 0 Å². The van der Waals surface area contributed by atoms with Crippen LogP contribution < -0.4 is 10.2 Å². The van der Waals surface area contributed by atoms with Gasteiger partial charge in [0.2, 0.25) is 5.91 Å². The normalized spacial score (nSPS) is 10.2. The molecule has 0 aromatic heterocycles. The van der Waals surface area contributed by atoms with Crippen molar-refractivity contribution in [3.05, 3.63) is 96.1 Å². The molecule has 0 aliphatic heterocycles. The Bertz CT molecular complexity index is 927. The van der Waals surface area contributed by atoms with Crippen LogP contribution in [-0.2, 0) is 16.1 Å². The van der Waals surface area contributed by atoms with Gasteiger partial charge in [-0.05, 0) is 35.9 Å². The molecule has 0 aliphatic rings. The van der Waals surface area contributed by atoms with Gasteiger partial charge in [-0.3, -0.25) is 4.79 Å². The zero-order valence-electron chi connectivity index (χ0n) is 15.7. The molecule has 0 heterocycles. The summed E-state index contributed by atoms with van der Waals surface area (Å²) in [5.74, 6) is -0.604. The largest absolute Gasteiger partial charge is 0.465 e. The zero-order chi connectivity index (χ0) is 19.8. The average Bonchev–Trinajstić information content (AvgIpc) is 2.74. The molecule has 3 aromatic rings. The fourth-order valence-electron chi connectivity index (χ4n) is 2.90. The van der Waals surface area contributed by atoms with Crippen molar-refractivity contribution in [2.75, 3.05) is 23.9 Å². The molecule has 142 valence electrons. The number of amides is 1. The summed E-state index contributed by atoms with van der Waals surface area (Å²) in [6.45, 7) is 0.793. The molecule has 1 amide bonds. The fourth-order valence-corrected chi connectivity index (χ4v) is 2.90. The van der Waals surface area contributed by atoms with Gasteiger partial charge in [-0.2, -0.15) is 0 Å². The number of para-hydroxylation sites is 1. The Morgan fingerprint density at radius 1 is 0.893 bits per heavy atom. The van der Waals surface area contributed by atoms with E-state index < -0.39 is 5.97 Å². The second-order valence-corrected chi connectivity index (χ2v) is 6.30. The van der Waals surface area contributed by atoms with Crippen molar-refractivity contribution >= 4 is 23.3 Å². The maximum atomic E-state index is 12.7. The minimum absolute atomic E-state index is 0.165. The molecule has 0 bridgehead atoms. The summed E-state index contributed by atoms with van der Waals surface area (Å²) in [6, 6.07) is 26.5. The molecule has 28 heavy (non-hydrogen) atoms. The van der Waals surface area contributed by atoms with Gasteiger partial charge in [0.05, 0.1) is 19.2 Å². The van der Waals surface area contributed by atoms with E-state index in [1.807, 2.05) is 65.6 Å². The van der Waals surface area contributed by atoms with Crippen LogP contribution >= 0.6 is 0 Å². The lowest BCUT2D eigenvalue weighted by atomic mass is 10.2. The minimum Gasteiger partial charge on any atom is -0.465 e. The summed E-state index contributed by atoms with van der Waals surface area (Å²) in [6.07, 6.45) is 0. The van der Waals surface area contributed by atoms with Crippen molar-refractivity contribution in [1.29, 1.82) is 0 Å². The number of carbonyl (C=O) groups excluding carboxylic acids is 2. The number of nitrogens with one attached hydrogen (secondary N) is 1. The number of anilines is 2. The van der Waals surface area contributed by atoms with E-state index >= 15 is 0 Å². The Kier molecular flexibility index (Phi) is 6.41. The van der Waals surface area contributed by atoms with Crippen LogP contribution in [0.2, 0.25) is 0 Å². The molecule has 0 fully saturated rings. The van der Waals surface area contributed by atoms with Crippen LogP contribution in [0.4, 0.5) is 11.4 Å². The molecule has 0 saturated heterocycles. The molecule has 0 spiro atoms. The van der Waals surface area contributed by atoms with Crippen LogP contribution in [0.5, 0.6) is 0 Å². The van der Waals surface area contributed by atoms with E-state index in [0.29, 0.717) is 17.8 Å². The number of rotatable bonds is 7. The molecule has 5 heteroatoms. The Morgan fingerprint density at radius 3 is 2.25 bits per heavy atom. The monoisotopic (exact) mass is 374 g/mol. The molecule has 0 unspecified atom stereocenters. The molecule has 0 atom stereocenters. The summed E-state index contributed by atoms with van der Waals surface area (Å²) >= 11 is 0. The van der Waals surface area contributed by atoms with Gasteiger partial charge in [0.1, 0.15) is 0 Å². The van der Waals surface area contributed by atoms with Gasteiger partial charge in [0.15, 0.2) is 0 Å². The fraction of sp³-hybridized carbons (Fsp3) is 0.130. The number of benzene rings is 3. The highest BCUT2D eigenvalue weighted by Gasteiger charge is 2.13. The van der Waals surface area contributed by atoms with Crippen molar-refractivity contribution in [2.45, 2.75) is 6.54 Å². The summed E-state index contributed by atoms with van der Waals surface area (Å²) in [4.78, 5) is 26.4. The Balaban J connectivity index is 1.73. The first kappa shape index (κ1) is 19.2. The van der Waals surface area contributed by atoms with Crippen molar-refractivity contribution in [3.8, 4) is 0 Å². The number of hydrogen-bond donors (Lipinski definition) is 1. The Morgan fingerprint density at radius 2 is 1.57 bits per heavy atom. The van der Waals surface area contributed by atoms with Crippen molar-refractivity contribution in [1.82, 2.24) is 0 Å². The molecule has 0 saturated carbocycles. The second-order valence-electron chi connectivity index (χ2n) is 6.30. The Hall–Kier alpha value is -3.60. The van der Waals surface area contributed by atoms with Gasteiger partial charge in [-0.25, -0.2) is 4.79 Å². The van der Waals surface area contributed by atoms with Crippen LogP contribution in [0.1, 0.15) is 15.9 Å². The minimum atomic E-state index is -0.439. The third-order valence-corrected chi connectivity index (χ3v) is 4.24. The number of esters is 1. The highest BCUT2D eigenvalue weighted by Crippen LogP contribution is 2.17. The van der Waals surface area contributed by atoms with Crippen molar-refractivity contribution in [2.24, 2.45) is 0 Å². The summed E-state index contributed by atoms with van der Waals surface area (Å²) in [7, 11) is 1.33. The molecule has 0 aliphatic carbocycles. The molecular weight excluding hydrogens is 352 g/mol. The summed E-state index contributed by atoms with van der Waals surface area (Å²) in [5, 5.41) is 2.86. The molecule has 1 N–H and O–H groups in total. The average molecular weight is 374 g/mol. The highest BCUT2D eigenvalue weighted by atomic mass is 16.5. The van der Waals surface area contributed by atoms with E-state index in [0.717, 1.165) is 11.3 Å². The predicted octanol–water partition coefficient (Wildman–Crippen LogP) is 4.12. The van der Waals surface area contributed by atoms with Crippen LogP contribution in [0.15, 0.2) is 84.9 Å². The lowest BCUT2D eigenvalue weighted by Crippen LogP contribution is -2.33. The second kappa shape index (κ2) is 9.37. The maximum Gasteiger partial charge on any atom is 0.337 e. The summed E-state index contributed by atoms with van der Waals surface area (Å²) < 4.78 is 4.73. The van der Waals surface area contributed by atoms with E-state index in [9.17, 15) is 9.59 Å². The van der Waals surface area contributed by atoms with Gasteiger partial charge in [-0.1, -0.05) is 54.6 Å². The quantitative estimate of drug-likeness (QED) is 0.632. The molecule has 0 radical (unpaired) electrons. The number of ether oxygens (including phenoxy) is 1. The molecule has 5 nitrogen and oxygen atoms in total. The van der Waals surface area contributed by atoms with Gasteiger partial charge in [0.25, 0.3) is 0 Å². The SMILES string of the molecule is COC(=O)c1cccc(NC(=O)CN(Cc2ccccc2)c2ccccc2)c1. The van der Waals surface area contributed by atoms with E-state index in [4.69, 9.17) is 4.74 Å². The number of methoxy groups -OCH3 is 1. The zero-order valence-corrected chi connectivity index (χ0v) is 15.7. The first-order valence-corrected chi connectivity index (χ1v) is 8.98. The van der Waals surface area contributed by atoms with E-state index in [2.05, 4.69) is 5.32 Å². The lowest BCUT2D eigenvalue weighted by Gasteiger charge is -2.24. The number of carbonyl (C=O) groups is 2. The summed E-state index contributed by atoms with van der Waals surface area (Å²) in [5.41, 5.74) is 3.03. The van der Waals surface area contributed by atoms with Gasteiger partial charge < -0.3 is 15.0 Å². The lowest BCUT2D eigenvalue weighted by molar-refractivity contribution is -0.115. The molecular formula is C23H22N2O3. The predicted molar refractivity (Wildman–Crippen MR) is 110 cm³/mol.